The number of rotatable bonds is 7. The average Bonchev–Trinajstić information content (AvgIpc) is 2.58. The number of pyridine rings is 1. The Hall–Kier alpha value is -1.40. The van der Waals surface area contributed by atoms with Gasteiger partial charge in [-0.25, -0.2) is 9.98 Å². The maximum atomic E-state index is 6.12. The Kier molecular flexibility index (Phi) is 7.24. The Labute approximate surface area is 153 Å². The van der Waals surface area contributed by atoms with Crippen molar-refractivity contribution in [1.82, 2.24) is 14.8 Å². The van der Waals surface area contributed by atoms with Gasteiger partial charge in [0.25, 0.3) is 0 Å². The van der Waals surface area contributed by atoms with E-state index in [2.05, 4.69) is 44.3 Å². The fraction of sp³-hybridized carbons (Fsp3) is 0.556. The Bertz CT molecular complexity index is 583. The zero-order valence-electron chi connectivity index (χ0n) is 14.8. The normalized spacial score (nSPS) is 16.5. The van der Waals surface area contributed by atoms with E-state index in [4.69, 9.17) is 4.74 Å². The fourth-order valence-corrected chi connectivity index (χ4v) is 2.95. The van der Waals surface area contributed by atoms with Gasteiger partial charge in [-0.2, -0.15) is 0 Å². The first-order valence-electron chi connectivity index (χ1n) is 8.45. The van der Waals surface area contributed by atoms with Gasteiger partial charge in [-0.1, -0.05) is 6.08 Å². The highest BCUT2D eigenvalue weighted by atomic mass is 79.9. The molecule has 1 fully saturated rings. The third-order valence-corrected chi connectivity index (χ3v) is 4.77. The van der Waals surface area contributed by atoms with E-state index in [1.54, 1.807) is 0 Å². The van der Waals surface area contributed by atoms with Crippen molar-refractivity contribution in [1.29, 1.82) is 0 Å². The van der Waals surface area contributed by atoms with Crippen molar-refractivity contribution >= 4 is 28.0 Å². The van der Waals surface area contributed by atoms with Crippen molar-refractivity contribution in [3.05, 3.63) is 28.9 Å². The molecule has 6 heteroatoms. The van der Waals surface area contributed by atoms with Gasteiger partial charge in [0.2, 0.25) is 5.88 Å². The van der Waals surface area contributed by atoms with Crippen molar-refractivity contribution in [3.63, 3.8) is 0 Å². The van der Waals surface area contributed by atoms with Crippen molar-refractivity contribution in [2.75, 3.05) is 33.2 Å². The summed E-state index contributed by atoms with van der Waals surface area (Å²) in [5, 5.41) is 0. The van der Waals surface area contributed by atoms with E-state index >= 15 is 0 Å². The second-order valence-electron chi connectivity index (χ2n) is 6.10. The third kappa shape index (κ3) is 5.31. The first-order valence-corrected chi connectivity index (χ1v) is 9.24. The summed E-state index contributed by atoms with van der Waals surface area (Å²) in [6.45, 7) is 11.8. The third-order valence-electron chi connectivity index (χ3n) is 4.20. The predicted molar refractivity (Wildman–Crippen MR) is 103 cm³/mol. The van der Waals surface area contributed by atoms with E-state index in [9.17, 15) is 0 Å². The lowest BCUT2D eigenvalue weighted by atomic mass is 10.1. The minimum Gasteiger partial charge on any atom is -0.473 e. The smallest absolute Gasteiger partial charge is 0.228 e. The van der Waals surface area contributed by atoms with Crippen LogP contribution in [0.4, 0.5) is 5.69 Å². The SMILES string of the molecule is C=CCN1CCC(Oc2nc(C)c(/N=C/N(C)CC)cc2Br)CC1. The molecule has 0 N–H and O–H groups in total. The zero-order chi connectivity index (χ0) is 17.5. The maximum Gasteiger partial charge on any atom is 0.228 e. The monoisotopic (exact) mass is 394 g/mol. The molecule has 0 saturated carbocycles. The Morgan fingerprint density at radius 3 is 2.83 bits per heavy atom. The van der Waals surface area contributed by atoms with Gasteiger partial charge >= 0.3 is 0 Å². The van der Waals surface area contributed by atoms with E-state index in [1.807, 2.05) is 37.4 Å². The van der Waals surface area contributed by atoms with Gasteiger partial charge < -0.3 is 9.64 Å². The van der Waals surface area contributed by atoms with E-state index in [1.165, 1.54) is 0 Å². The number of hydrogen-bond donors (Lipinski definition) is 0. The van der Waals surface area contributed by atoms with E-state index in [0.29, 0.717) is 5.88 Å². The Morgan fingerprint density at radius 2 is 2.21 bits per heavy atom. The first-order chi connectivity index (χ1) is 11.5. The molecule has 1 aliphatic heterocycles. The molecule has 0 radical (unpaired) electrons. The highest BCUT2D eigenvalue weighted by Gasteiger charge is 2.21. The molecule has 1 aliphatic rings. The van der Waals surface area contributed by atoms with E-state index in [-0.39, 0.29) is 6.10 Å². The molecular weight excluding hydrogens is 368 g/mol. The first kappa shape index (κ1) is 18.9. The fourth-order valence-electron chi connectivity index (χ4n) is 2.56. The van der Waals surface area contributed by atoms with Gasteiger partial charge in [-0.3, -0.25) is 4.90 Å². The number of nitrogens with zero attached hydrogens (tertiary/aromatic N) is 4. The quantitative estimate of drug-likeness (QED) is 0.400. The molecule has 1 aromatic rings. The number of halogens is 1. The lowest BCUT2D eigenvalue weighted by Crippen LogP contribution is -2.38. The minimum atomic E-state index is 0.217. The van der Waals surface area contributed by atoms with Crippen molar-refractivity contribution in [2.24, 2.45) is 4.99 Å². The molecule has 0 aromatic carbocycles. The van der Waals surface area contributed by atoms with Crippen molar-refractivity contribution in [2.45, 2.75) is 32.8 Å². The predicted octanol–water partition coefficient (Wildman–Crippen LogP) is 3.79. The average molecular weight is 395 g/mol. The van der Waals surface area contributed by atoms with Crippen LogP contribution in [0.1, 0.15) is 25.5 Å². The number of hydrogen-bond acceptors (Lipinski definition) is 4. The van der Waals surface area contributed by atoms with Gasteiger partial charge in [-0.05, 0) is 48.7 Å². The molecular formula is C18H27BrN4O. The van der Waals surface area contributed by atoms with Crippen LogP contribution in [0.2, 0.25) is 0 Å². The van der Waals surface area contributed by atoms with Crippen molar-refractivity contribution < 1.29 is 4.74 Å². The summed E-state index contributed by atoms with van der Waals surface area (Å²) in [6.07, 6.45) is 6.03. The number of aryl methyl sites for hydroxylation is 1. The number of aliphatic imine (C=N–C) groups is 1. The molecule has 0 unspecified atom stereocenters. The lowest BCUT2D eigenvalue weighted by molar-refractivity contribution is 0.102. The van der Waals surface area contributed by atoms with Gasteiger partial charge in [0.1, 0.15) is 6.10 Å². The topological polar surface area (TPSA) is 41.0 Å². The number of piperidine rings is 1. The summed E-state index contributed by atoms with van der Waals surface area (Å²) in [5.41, 5.74) is 1.73. The maximum absolute atomic E-state index is 6.12. The standard InChI is InChI=1S/C18H27BrN4O/c1-5-9-23-10-7-15(8-11-23)24-18-16(19)12-17(14(3)21-18)20-13-22(4)6-2/h5,12-13,15H,1,6-11H2,2-4H3/b20-13+. The van der Waals surface area contributed by atoms with Crippen LogP contribution in [0, 0.1) is 6.92 Å². The lowest BCUT2D eigenvalue weighted by Gasteiger charge is -2.31. The summed E-state index contributed by atoms with van der Waals surface area (Å²) in [5.74, 6) is 0.664. The summed E-state index contributed by atoms with van der Waals surface area (Å²) >= 11 is 3.57. The van der Waals surface area contributed by atoms with Crippen LogP contribution < -0.4 is 4.74 Å². The Morgan fingerprint density at radius 1 is 1.50 bits per heavy atom. The van der Waals surface area contributed by atoms with E-state index in [0.717, 1.165) is 54.9 Å². The van der Waals surface area contributed by atoms with Crippen LogP contribution in [0.5, 0.6) is 5.88 Å². The number of ether oxygens (including phenoxy) is 1. The molecule has 132 valence electrons. The minimum absolute atomic E-state index is 0.217. The van der Waals surface area contributed by atoms with Crippen LogP contribution in [-0.2, 0) is 0 Å². The van der Waals surface area contributed by atoms with Gasteiger partial charge in [0.05, 0.1) is 22.2 Å². The van der Waals surface area contributed by atoms with Crippen LogP contribution >= 0.6 is 15.9 Å². The second kappa shape index (κ2) is 9.18. The molecule has 0 bridgehead atoms. The number of likely N-dealkylation sites (tertiary alicyclic amines) is 1. The Balaban J connectivity index is 2.00. The zero-order valence-corrected chi connectivity index (χ0v) is 16.4. The van der Waals surface area contributed by atoms with Crippen LogP contribution in [0.15, 0.2) is 28.2 Å². The molecule has 2 heterocycles. The summed E-state index contributed by atoms with van der Waals surface area (Å²) in [6, 6.07) is 1.98. The molecule has 0 spiro atoms. The summed E-state index contributed by atoms with van der Waals surface area (Å²) in [4.78, 5) is 13.5. The van der Waals surface area contributed by atoms with Gasteiger partial charge in [0.15, 0.2) is 0 Å². The molecule has 1 aromatic heterocycles. The van der Waals surface area contributed by atoms with Crippen LogP contribution in [0.25, 0.3) is 0 Å². The molecule has 5 nitrogen and oxygen atoms in total. The van der Waals surface area contributed by atoms with Crippen LogP contribution in [0.3, 0.4) is 0 Å². The summed E-state index contributed by atoms with van der Waals surface area (Å²) < 4.78 is 6.98. The molecule has 0 amide bonds. The van der Waals surface area contributed by atoms with Gasteiger partial charge in [-0.15, -0.1) is 6.58 Å². The van der Waals surface area contributed by atoms with Crippen molar-refractivity contribution in [3.8, 4) is 5.88 Å². The van der Waals surface area contributed by atoms with Crippen LogP contribution in [-0.4, -0.2) is 60.5 Å². The molecule has 2 rings (SSSR count). The molecule has 1 saturated heterocycles. The summed E-state index contributed by atoms with van der Waals surface area (Å²) in [7, 11) is 2.00. The number of aromatic nitrogens is 1. The molecule has 0 aliphatic carbocycles. The highest BCUT2D eigenvalue weighted by molar-refractivity contribution is 9.10. The second-order valence-corrected chi connectivity index (χ2v) is 6.96. The largest absolute Gasteiger partial charge is 0.473 e. The van der Waals surface area contributed by atoms with Gasteiger partial charge in [0, 0.05) is 33.2 Å². The molecule has 24 heavy (non-hydrogen) atoms. The highest BCUT2D eigenvalue weighted by Crippen LogP contribution is 2.31. The van der Waals surface area contributed by atoms with E-state index < -0.39 is 0 Å². The molecule has 0 atom stereocenters.